The van der Waals surface area contributed by atoms with Gasteiger partial charge in [-0.15, -0.1) is 0 Å². The van der Waals surface area contributed by atoms with Crippen LogP contribution < -0.4 is 15.0 Å². The van der Waals surface area contributed by atoms with Gasteiger partial charge < -0.3 is 15.0 Å². The van der Waals surface area contributed by atoms with Gasteiger partial charge in [-0.25, -0.2) is 0 Å². The number of amides is 1. The molecule has 0 aromatic heterocycles. The fourth-order valence-electron chi connectivity index (χ4n) is 2.33. The lowest BCUT2D eigenvalue weighted by Gasteiger charge is -2.19. The fourth-order valence-corrected chi connectivity index (χ4v) is 2.50. The maximum atomic E-state index is 12.3. The van der Waals surface area contributed by atoms with Crippen LogP contribution in [0.2, 0.25) is 5.02 Å². The molecule has 2 rings (SSSR count). The molecule has 0 heterocycles. The van der Waals surface area contributed by atoms with Gasteiger partial charge in [0.2, 0.25) is 5.91 Å². The molecule has 0 bridgehead atoms. The van der Waals surface area contributed by atoms with Gasteiger partial charge in [0.05, 0.1) is 35.9 Å². The number of nitriles is 1. The number of likely N-dealkylation sites (N-methyl/N-ethyl adjacent to an activating group) is 1. The van der Waals surface area contributed by atoms with Crippen molar-refractivity contribution in [2.45, 2.75) is 0 Å². The minimum Gasteiger partial charge on any atom is -0.495 e. The highest BCUT2D eigenvalue weighted by molar-refractivity contribution is 6.31. The molecule has 0 unspecified atom stereocenters. The number of rotatable bonds is 6. The first kappa shape index (κ1) is 19.0. The zero-order valence-corrected chi connectivity index (χ0v) is 14.8. The van der Waals surface area contributed by atoms with E-state index in [1.165, 1.54) is 30.2 Å². The summed E-state index contributed by atoms with van der Waals surface area (Å²) in [5, 5.41) is 23.2. The second kappa shape index (κ2) is 8.18. The number of methoxy groups -OCH3 is 1. The smallest absolute Gasteiger partial charge is 0.293 e. The highest BCUT2D eigenvalue weighted by atomic mass is 35.5. The number of nitro benzene ring substituents is 1. The number of carbonyl (C=O) groups is 1. The predicted octanol–water partition coefficient (Wildman–Crippen LogP) is 3.20. The van der Waals surface area contributed by atoms with Crippen LogP contribution in [-0.4, -0.2) is 31.5 Å². The van der Waals surface area contributed by atoms with Crippen LogP contribution in [-0.2, 0) is 4.79 Å². The van der Waals surface area contributed by atoms with Crippen molar-refractivity contribution in [3.8, 4) is 11.8 Å². The molecule has 8 nitrogen and oxygen atoms in total. The van der Waals surface area contributed by atoms with Crippen LogP contribution in [0.25, 0.3) is 0 Å². The van der Waals surface area contributed by atoms with Gasteiger partial charge >= 0.3 is 0 Å². The van der Waals surface area contributed by atoms with Crippen molar-refractivity contribution in [1.29, 1.82) is 5.26 Å². The Labute approximate surface area is 154 Å². The zero-order valence-electron chi connectivity index (χ0n) is 14.0. The van der Waals surface area contributed by atoms with Crippen molar-refractivity contribution in [1.82, 2.24) is 0 Å². The molecule has 2 aromatic rings. The first-order valence-electron chi connectivity index (χ1n) is 7.38. The van der Waals surface area contributed by atoms with Gasteiger partial charge in [-0.05, 0) is 30.3 Å². The molecule has 0 fully saturated rings. The summed E-state index contributed by atoms with van der Waals surface area (Å²) in [5.74, 6) is 0.0291. The number of halogens is 1. The van der Waals surface area contributed by atoms with Crippen LogP contribution in [0.15, 0.2) is 36.4 Å². The SMILES string of the molecule is COc1ccc(Cl)cc1NC(=O)CN(C)c1ccc(C#N)cc1[N+](=O)[O-]. The Balaban J connectivity index is 2.19. The van der Waals surface area contributed by atoms with Crippen molar-refractivity contribution in [2.24, 2.45) is 0 Å². The van der Waals surface area contributed by atoms with Crippen LogP contribution in [0.3, 0.4) is 0 Å². The number of carbonyl (C=O) groups excluding carboxylic acids is 1. The number of nitrogens with one attached hydrogen (secondary N) is 1. The zero-order chi connectivity index (χ0) is 19.3. The Morgan fingerprint density at radius 3 is 2.73 bits per heavy atom. The molecule has 0 atom stereocenters. The number of nitro groups is 1. The summed E-state index contributed by atoms with van der Waals surface area (Å²) in [6.45, 7) is -0.150. The van der Waals surface area contributed by atoms with E-state index in [1.807, 2.05) is 6.07 Å². The monoisotopic (exact) mass is 374 g/mol. The summed E-state index contributed by atoms with van der Waals surface area (Å²) < 4.78 is 5.16. The third-order valence-corrected chi connectivity index (χ3v) is 3.76. The molecule has 26 heavy (non-hydrogen) atoms. The van der Waals surface area contributed by atoms with Crippen LogP contribution >= 0.6 is 11.6 Å². The highest BCUT2D eigenvalue weighted by Crippen LogP contribution is 2.29. The van der Waals surface area contributed by atoms with E-state index in [9.17, 15) is 14.9 Å². The number of hydrogen-bond donors (Lipinski definition) is 1. The van der Waals surface area contributed by atoms with E-state index in [0.717, 1.165) is 0 Å². The molecule has 0 saturated heterocycles. The summed E-state index contributed by atoms with van der Waals surface area (Å²) in [6.07, 6.45) is 0. The summed E-state index contributed by atoms with van der Waals surface area (Å²) in [5.41, 5.74) is 0.539. The van der Waals surface area contributed by atoms with E-state index in [1.54, 1.807) is 25.2 Å². The van der Waals surface area contributed by atoms with Crippen LogP contribution in [0.1, 0.15) is 5.56 Å². The average Bonchev–Trinajstić information content (AvgIpc) is 2.61. The third kappa shape index (κ3) is 4.40. The molecule has 0 radical (unpaired) electrons. The minimum atomic E-state index is -0.593. The first-order valence-corrected chi connectivity index (χ1v) is 7.76. The van der Waals surface area contributed by atoms with Crippen LogP contribution in [0, 0.1) is 21.4 Å². The van der Waals surface area contributed by atoms with E-state index < -0.39 is 10.8 Å². The lowest BCUT2D eigenvalue weighted by Crippen LogP contribution is -2.30. The molecule has 0 aliphatic rings. The van der Waals surface area contributed by atoms with Gasteiger partial charge in [0.1, 0.15) is 11.4 Å². The maximum Gasteiger partial charge on any atom is 0.293 e. The highest BCUT2D eigenvalue weighted by Gasteiger charge is 2.20. The lowest BCUT2D eigenvalue weighted by molar-refractivity contribution is -0.384. The van der Waals surface area contributed by atoms with E-state index >= 15 is 0 Å². The van der Waals surface area contributed by atoms with Crippen LogP contribution in [0.4, 0.5) is 17.1 Å². The van der Waals surface area contributed by atoms with Gasteiger partial charge in [-0.1, -0.05) is 11.6 Å². The largest absolute Gasteiger partial charge is 0.495 e. The molecule has 0 aliphatic heterocycles. The number of benzene rings is 2. The Bertz CT molecular complexity index is 895. The number of anilines is 2. The van der Waals surface area contributed by atoms with Crippen molar-refractivity contribution < 1.29 is 14.5 Å². The third-order valence-electron chi connectivity index (χ3n) is 3.53. The van der Waals surface area contributed by atoms with E-state index in [-0.39, 0.29) is 23.5 Å². The second-order valence-electron chi connectivity index (χ2n) is 5.32. The van der Waals surface area contributed by atoms with Crippen molar-refractivity contribution in [3.05, 3.63) is 57.1 Å². The van der Waals surface area contributed by atoms with Crippen molar-refractivity contribution >= 4 is 34.6 Å². The van der Waals surface area contributed by atoms with Gasteiger partial charge in [-0.2, -0.15) is 5.26 Å². The van der Waals surface area contributed by atoms with E-state index in [4.69, 9.17) is 21.6 Å². The summed E-state index contributed by atoms with van der Waals surface area (Å²) >= 11 is 5.92. The lowest BCUT2D eigenvalue weighted by atomic mass is 10.1. The summed E-state index contributed by atoms with van der Waals surface area (Å²) in [7, 11) is 3.01. The molecular weight excluding hydrogens is 360 g/mol. The molecule has 2 aromatic carbocycles. The summed E-state index contributed by atoms with van der Waals surface area (Å²) in [4.78, 5) is 24.4. The molecule has 134 valence electrons. The van der Waals surface area contributed by atoms with Crippen LogP contribution in [0.5, 0.6) is 5.75 Å². The normalized spacial score (nSPS) is 9.92. The maximum absolute atomic E-state index is 12.3. The molecular formula is C17H15ClN4O4. The Morgan fingerprint density at radius 2 is 2.12 bits per heavy atom. The van der Waals surface area contributed by atoms with Crippen molar-refractivity contribution in [2.75, 3.05) is 30.9 Å². The molecule has 1 amide bonds. The summed E-state index contributed by atoms with van der Waals surface area (Å²) in [6, 6.07) is 10.7. The molecule has 0 spiro atoms. The predicted molar refractivity (Wildman–Crippen MR) is 97.7 cm³/mol. The number of ether oxygens (including phenoxy) is 1. The van der Waals surface area contributed by atoms with Gasteiger partial charge in [-0.3, -0.25) is 14.9 Å². The van der Waals surface area contributed by atoms with Gasteiger partial charge in [0, 0.05) is 18.1 Å². The van der Waals surface area contributed by atoms with Gasteiger partial charge in [0.15, 0.2) is 0 Å². The Kier molecular flexibility index (Phi) is 5.98. The molecule has 1 N–H and O–H groups in total. The minimum absolute atomic E-state index is 0.150. The molecule has 9 heteroatoms. The first-order chi connectivity index (χ1) is 12.3. The fraction of sp³-hybridized carbons (Fsp3) is 0.176. The number of nitrogens with zero attached hydrogens (tertiary/aromatic N) is 3. The molecule has 0 aliphatic carbocycles. The average molecular weight is 375 g/mol. The standard InChI is InChI=1S/C17H15ClN4O4/c1-21(14-5-3-11(9-19)7-15(14)22(24)25)10-17(23)20-13-8-12(18)4-6-16(13)26-2/h3-8H,10H2,1-2H3,(H,20,23). The van der Waals surface area contributed by atoms with E-state index in [2.05, 4.69) is 5.32 Å². The Morgan fingerprint density at radius 1 is 1.38 bits per heavy atom. The quantitative estimate of drug-likeness (QED) is 0.614. The molecule has 0 saturated carbocycles. The Hall–Kier alpha value is -3.31. The van der Waals surface area contributed by atoms with Crippen molar-refractivity contribution in [3.63, 3.8) is 0 Å². The number of hydrogen-bond acceptors (Lipinski definition) is 6. The van der Waals surface area contributed by atoms with Gasteiger partial charge in [0.25, 0.3) is 5.69 Å². The topological polar surface area (TPSA) is 108 Å². The second-order valence-corrected chi connectivity index (χ2v) is 5.76. The van der Waals surface area contributed by atoms with E-state index in [0.29, 0.717) is 16.5 Å².